The van der Waals surface area contributed by atoms with E-state index in [2.05, 4.69) is 4.99 Å². The Labute approximate surface area is 117 Å². The van der Waals surface area contributed by atoms with Gasteiger partial charge in [-0.05, 0) is 6.92 Å². The van der Waals surface area contributed by atoms with Gasteiger partial charge in [0.1, 0.15) is 5.84 Å². The van der Waals surface area contributed by atoms with Gasteiger partial charge >= 0.3 is 61.4 Å². The minimum absolute atomic E-state index is 0.381. The molecule has 18 heavy (non-hydrogen) atoms. The summed E-state index contributed by atoms with van der Waals surface area (Å²) < 4.78 is 71.5. The van der Waals surface area contributed by atoms with Crippen LogP contribution in [0.2, 0.25) is 0 Å². The SMILES string of the molecule is CN=C(C)N[PH+](C(F)(F)F)C(F)(F)F.[Cl][Cr]([Cl])[Cl]. The van der Waals surface area contributed by atoms with Crippen molar-refractivity contribution in [2.45, 2.75) is 18.8 Å². The Bertz CT molecular complexity index is 254. The van der Waals surface area contributed by atoms with Crippen molar-refractivity contribution in [3.05, 3.63) is 0 Å². The third-order valence-corrected chi connectivity index (χ3v) is 2.95. The quantitative estimate of drug-likeness (QED) is 0.290. The first-order chi connectivity index (χ1) is 7.82. The van der Waals surface area contributed by atoms with Crippen molar-refractivity contribution in [2.75, 3.05) is 7.05 Å². The number of halogens is 9. The van der Waals surface area contributed by atoms with E-state index in [0.29, 0.717) is 0 Å². The summed E-state index contributed by atoms with van der Waals surface area (Å²) in [4.78, 5) is 3.19. The van der Waals surface area contributed by atoms with Crippen LogP contribution in [0.5, 0.6) is 0 Å². The van der Waals surface area contributed by atoms with Crippen LogP contribution in [0.3, 0.4) is 0 Å². The van der Waals surface area contributed by atoms with Crippen LogP contribution in [0.1, 0.15) is 6.92 Å². The molecule has 0 aliphatic carbocycles. The van der Waals surface area contributed by atoms with Gasteiger partial charge in [0.05, 0.1) is 0 Å². The molecule has 2 nitrogen and oxygen atoms in total. The predicted molar refractivity (Wildman–Crippen MR) is 60.2 cm³/mol. The van der Waals surface area contributed by atoms with Crippen LogP contribution in [0.25, 0.3) is 0 Å². The fraction of sp³-hybridized carbons (Fsp3) is 0.800. The van der Waals surface area contributed by atoms with Gasteiger partial charge in [0.2, 0.25) is 0 Å². The van der Waals surface area contributed by atoms with E-state index in [4.69, 9.17) is 30.1 Å². The van der Waals surface area contributed by atoms with Crippen LogP contribution >= 0.6 is 38.2 Å². The molecule has 0 aromatic carbocycles. The Kier molecular flexibility index (Phi) is 10.5. The fourth-order valence-corrected chi connectivity index (χ4v) is 1.62. The molecule has 0 heterocycles. The number of nitrogens with one attached hydrogen (secondary N) is 1. The second kappa shape index (κ2) is 8.94. The molecule has 0 radical (unpaired) electrons. The van der Waals surface area contributed by atoms with Crippen LogP contribution in [-0.2, 0) is 11.4 Å². The van der Waals surface area contributed by atoms with E-state index in [0.717, 1.165) is 14.0 Å². The molecule has 0 saturated carbocycles. The van der Waals surface area contributed by atoms with E-state index < -0.39 is 31.3 Å². The van der Waals surface area contributed by atoms with Gasteiger partial charge in [-0.3, -0.25) is 4.99 Å². The average molecular weight is 399 g/mol. The van der Waals surface area contributed by atoms with Crippen molar-refractivity contribution in [2.24, 2.45) is 4.99 Å². The Morgan fingerprint density at radius 3 is 1.50 bits per heavy atom. The zero-order valence-electron chi connectivity index (χ0n) is 8.76. The van der Waals surface area contributed by atoms with Crippen molar-refractivity contribution in [1.82, 2.24) is 5.09 Å². The van der Waals surface area contributed by atoms with Crippen LogP contribution in [-0.4, -0.2) is 24.7 Å². The van der Waals surface area contributed by atoms with Gasteiger partial charge in [-0.15, -0.1) is 26.3 Å². The molecule has 0 aromatic rings. The first-order valence-corrected chi connectivity index (χ1v) is 10.5. The molecular formula is C5H8Cl3CrF6N2P+. The molecule has 0 atom stereocenters. The van der Waals surface area contributed by atoms with Gasteiger partial charge in [-0.1, -0.05) is 0 Å². The molecule has 0 fully saturated rings. The molecule has 0 bridgehead atoms. The van der Waals surface area contributed by atoms with Gasteiger partial charge in [0.25, 0.3) is 0 Å². The molecule has 0 aromatic heterocycles. The van der Waals surface area contributed by atoms with Gasteiger partial charge in [0.15, 0.2) is 0 Å². The van der Waals surface area contributed by atoms with Gasteiger partial charge in [0, 0.05) is 7.05 Å². The Balaban J connectivity index is 0. The van der Waals surface area contributed by atoms with E-state index in [1.54, 1.807) is 0 Å². The first kappa shape index (κ1) is 21.2. The minimum atomic E-state index is -5.28. The second-order valence-electron chi connectivity index (χ2n) is 2.48. The van der Waals surface area contributed by atoms with E-state index >= 15 is 0 Å². The predicted octanol–water partition coefficient (Wildman–Crippen LogP) is 4.86. The van der Waals surface area contributed by atoms with Crippen molar-refractivity contribution in [3.63, 3.8) is 0 Å². The Morgan fingerprint density at radius 2 is 1.33 bits per heavy atom. The van der Waals surface area contributed by atoms with Crippen molar-refractivity contribution < 1.29 is 37.7 Å². The molecule has 0 amide bonds. The number of amidine groups is 1. The summed E-state index contributed by atoms with van der Waals surface area (Å²) in [6.07, 6.45) is 0. The fourth-order valence-electron chi connectivity index (χ4n) is 0.539. The topological polar surface area (TPSA) is 24.4 Å². The molecular weight excluding hydrogens is 391 g/mol. The Morgan fingerprint density at radius 1 is 1.06 bits per heavy atom. The third-order valence-electron chi connectivity index (χ3n) is 1.21. The number of hydrogen-bond acceptors (Lipinski definition) is 1. The molecule has 0 unspecified atom stereocenters. The van der Waals surface area contributed by atoms with Crippen LogP contribution in [0.15, 0.2) is 4.99 Å². The summed E-state index contributed by atoms with van der Waals surface area (Å²) in [5, 5.41) is 1.35. The maximum absolute atomic E-state index is 11.9. The number of rotatable bonds is 1. The van der Waals surface area contributed by atoms with Gasteiger partial charge < -0.3 is 0 Å². The van der Waals surface area contributed by atoms with Gasteiger partial charge in [-0.2, -0.15) is 0 Å². The number of nitrogens with zero attached hydrogens (tertiary/aromatic N) is 1. The third kappa shape index (κ3) is 11.9. The molecule has 0 saturated heterocycles. The average Bonchev–Trinajstić information content (AvgIpc) is 2.08. The molecule has 0 spiro atoms. The van der Waals surface area contributed by atoms with Gasteiger partial charge in [-0.25, -0.2) is 5.09 Å². The van der Waals surface area contributed by atoms with Crippen LogP contribution in [0, 0.1) is 0 Å². The molecule has 0 aliphatic heterocycles. The van der Waals surface area contributed by atoms with Crippen LogP contribution < -0.4 is 5.09 Å². The van der Waals surface area contributed by atoms with Crippen LogP contribution in [0.4, 0.5) is 26.3 Å². The summed E-state index contributed by atoms with van der Waals surface area (Å²) in [6.45, 7) is 1.04. The summed E-state index contributed by atoms with van der Waals surface area (Å²) in [5.41, 5.74) is 0. The molecule has 111 valence electrons. The van der Waals surface area contributed by atoms with E-state index in [1.807, 2.05) is 0 Å². The molecule has 0 rings (SSSR count). The molecule has 0 aliphatic rings. The zero-order valence-corrected chi connectivity index (χ0v) is 13.3. The Hall–Kier alpha value is 0.882. The second-order valence-corrected chi connectivity index (χ2v) is 10.9. The van der Waals surface area contributed by atoms with E-state index in [1.165, 1.54) is 5.09 Å². The molecule has 1 N–H and O–H groups in total. The number of aliphatic imine (C=N–C) groups is 1. The monoisotopic (exact) mass is 398 g/mol. The van der Waals surface area contributed by atoms with E-state index in [-0.39, 0.29) is 5.84 Å². The normalized spacial score (nSPS) is 13.5. The zero-order chi connectivity index (χ0) is 15.1. The maximum atomic E-state index is 11.9. The van der Waals surface area contributed by atoms with Crippen molar-refractivity contribution in [1.29, 1.82) is 0 Å². The first-order valence-electron chi connectivity index (χ1n) is 3.77. The summed E-state index contributed by atoms with van der Waals surface area (Å²) in [7, 11) is 11.2. The van der Waals surface area contributed by atoms with Crippen molar-refractivity contribution >= 4 is 44.1 Å². The number of alkyl halides is 6. The van der Waals surface area contributed by atoms with Crippen molar-refractivity contribution in [3.8, 4) is 0 Å². The number of hydrogen-bond donors (Lipinski definition) is 1. The summed E-state index contributed by atoms with van der Waals surface area (Å²) >= 11 is -1.62. The van der Waals surface area contributed by atoms with E-state index in [9.17, 15) is 26.3 Å². The summed E-state index contributed by atoms with van der Waals surface area (Å²) in [5.74, 6) is -10.9. The molecule has 13 heteroatoms. The summed E-state index contributed by atoms with van der Waals surface area (Å²) in [6, 6.07) is 0. The standard InChI is InChI=1S/C5H7F6N2P.3ClH.Cr/c1-3(12-2)13-14(4(6,7)8)5(9,10)11;;;;/h1-2H3,(H,12,13);3*1H;/q;;;;+3/p-2.